The van der Waals surface area contributed by atoms with Crippen LogP contribution in [0.3, 0.4) is 0 Å². The highest BCUT2D eigenvalue weighted by molar-refractivity contribution is 8.00. The molecule has 0 spiro atoms. The van der Waals surface area contributed by atoms with Crippen molar-refractivity contribution in [1.29, 1.82) is 5.26 Å². The largest absolute Gasteiger partial charge is 0.417 e. The number of thioether (sulfide) groups is 1. The van der Waals surface area contributed by atoms with Crippen LogP contribution in [0, 0.1) is 11.3 Å². The second-order valence-electron chi connectivity index (χ2n) is 4.69. The molecular weight excluding hydrogens is 271 g/mol. The molecule has 1 nitrogen and oxygen atoms in total. The molecule has 19 heavy (non-hydrogen) atoms. The Bertz CT molecular complexity index is 484. The fraction of sp³-hybridized carbons (Fsp3) is 0.500. The highest BCUT2D eigenvalue weighted by Crippen LogP contribution is 2.38. The van der Waals surface area contributed by atoms with Gasteiger partial charge in [0.25, 0.3) is 0 Å². The Hall–Kier alpha value is -1.15. The molecule has 1 aromatic carbocycles. The van der Waals surface area contributed by atoms with E-state index in [0.29, 0.717) is 10.1 Å². The van der Waals surface area contributed by atoms with E-state index in [1.54, 1.807) is 12.1 Å². The summed E-state index contributed by atoms with van der Waals surface area (Å²) < 4.78 is 38.5. The Labute approximate surface area is 114 Å². The molecule has 0 N–H and O–H groups in total. The van der Waals surface area contributed by atoms with Crippen LogP contribution in [0.2, 0.25) is 0 Å². The molecule has 0 atom stereocenters. The van der Waals surface area contributed by atoms with Gasteiger partial charge in [0.2, 0.25) is 0 Å². The Kier molecular flexibility index (Phi) is 4.41. The summed E-state index contributed by atoms with van der Waals surface area (Å²) in [7, 11) is 0. The number of benzene rings is 1. The van der Waals surface area contributed by atoms with Crippen LogP contribution in [-0.4, -0.2) is 5.25 Å². The molecule has 1 fully saturated rings. The second kappa shape index (κ2) is 5.87. The zero-order chi connectivity index (χ0) is 13.9. The van der Waals surface area contributed by atoms with Gasteiger partial charge in [-0.2, -0.15) is 18.4 Å². The third-order valence-electron chi connectivity index (χ3n) is 3.27. The minimum absolute atomic E-state index is 0.305. The summed E-state index contributed by atoms with van der Waals surface area (Å²) in [6, 6.07) is 5.60. The van der Waals surface area contributed by atoms with Gasteiger partial charge in [-0.3, -0.25) is 0 Å². The average molecular weight is 285 g/mol. The lowest BCUT2D eigenvalue weighted by Gasteiger charge is -2.21. The van der Waals surface area contributed by atoms with Gasteiger partial charge in [-0.15, -0.1) is 11.8 Å². The van der Waals surface area contributed by atoms with E-state index in [4.69, 9.17) is 5.26 Å². The topological polar surface area (TPSA) is 23.8 Å². The number of rotatable bonds is 2. The van der Waals surface area contributed by atoms with Gasteiger partial charge < -0.3 is 0 Å². The van der Waals surface area contributed by atoms with Crippen molar-refractivity contribution >= 4 is 11.8 Å². The van der Waals surface area contributed by atoms with Gasteiger partial charge in [0, 0.05) is 10.1 Å². The molecule has 0 aliphatic heterocycles. The summed E-state index contributed by atoms with van der Waals surface area (Å²) in [5, 5.41) is 9.14. The Morgan fingerprint density at radius 3 is 2.42 bits per heavy atom. The molecule has 0 radical (unpaired) electrons. The number of nitrogens with zero attached hydrogens (tertiary/aromatic N) is 1. The van der Waals surface area contributed by atoms with E-state index in [0.717, 1.165) is 31.7 Å². The first kappa shape index (κ1) is 14.3. The van der Waals surface area contributed by atoms with E-state index < -0.39 is 11.7 Å². The first-order valence-electron chi connectivity index (χ1n) is 6.28. The lowest BCUT2D eigenvalue weighted by molar-refractivity contribution is -0.137. The van der Waals surface area contributed by atoms with Crippen molar-refractivity contribution in [3.05, 3.63) is 29.3 Å². The van der Waals surface area contributed by atoms with Crippen LogP contribution < -0.4 is 0 Å². The highest BCUT2D eigenvalue weighted by Gasteiger charge is 2.34. The van der Waals surface area contributed by atoms with Crippen LogP contribution in [0.5, 0.6) is 0 Å². The zero-order valence-electron chi connectivity index (χ0n) is 10.3. The monoisotopic (exact) mass is 285 g/mol. The number of hydrogen-bond acceptors (Lipinski definition) is 2. The van der Waals surface area contributed by atoms with E-state index in [1.165, 1.54) is 24.2 Å². The van der Waals surface area contributed by atoms with E-state index in [1.807, 2.05) is 0 Å². The molecule has 0 saturated heterocycles. The predicted octanol–water partition coefficient (Wildman–Crippen LogP) is 5.00. The van der Waals surface area contributed by atoms with Crippen molar-refractivity contribution in [2.45, 2.75) is 48.4 Å². The van der Waals surface area contributed by atoms with E-state index >= 15 is 0 Å². The van der Waals surface area contributed by atoms with Crippen LogP contribution in [0.15, 0.2) is 23.1 Å². The number of halogens is 3. The van der Waals surface area contributed by atoms with Gasteiger partial charge in [-0.1, -0.05) is 19.3 Å². The maximum atomic E-state index is 12.8. The summed E-state index contributed by atoms with van der Waals surface area (Å²) in [4.78, 5) is 0.609. The van der Waals surface area contributed by atoms with Gasteiger partial charge in [-0.05, 0) is 31.0 Å². The van der Waals surface area contributed by atoms with Gasteiger partial charge >= 0.3 is 6.18 Å². The van der Waals surface area contributed by atoms with Gasteiger partial charge in [0.05, 0.1) is 17.2 Å². The third-order valence-corrected chi connectivity index (χ3v) is 4.60. The zero-order valence-corrected chi connectivity index (χ0v) is 11.2. The van der Waals surface area contributed by atoms with Crippen molar-refractivity contribution in [2.24, 2.45) is 0 Å². The summed E-state index contributed by atoms with van der Waals surface area (Å²) in [6.45, 7) is 0. The number of nitriles is 1. The minimum Gasteiger partial charge on any atom is -0.192 e. The lowest BCUT2D eigenvalue weighted by atomic mass is 10.0. The van der Waals surface area contributed by atoms with Crippen LogP contribution in [0.25, 0.3) is 0 Å². The first-order chi connectivity index (χ1) is 9.00. The first-order valence-corrected chi connectivity index (χ1v) is 7.16. The van der Waals surface area contributed by atoms with Crippen molar-refractivity contribution in [1.82, 2.24) is 0 Å². The van der Waals surface area contributed by atoms with Crippen LogP contribution in [0.1, 0.15) is 43.2 Å². The molecule has 1 aliphatic carbocycles. The highest BCUT2D eigenvalue weighted by atomic mass is 32.2. The standard InChI is InChI=1S/C14H14F3NS/c15-14(16,17)13-8-12(7-6-10(13)9-18)19-11-4-2-1-3-5-11/h6-8,11H,1-5H2. The van der Waals surface area contributed by atoms with E-state index in [-0.39, 0.29) is 5.56 Å². The second-order valence-corrected chi connectivity index (χ2v) is 6.07. The summed E-state index contributed by atoms with van der Waals surface area (Å²) >= 11 is 1.50. The van der Waals surface area contributed by atoms with E-state index in [9.17, 15) is 13.2 Å². The molecule has 5 heteroatoms. The summed E-state index contributed by atoms with van der Waals surface area (Å²) in [5.74, 6) is 0. The van der Waals surface area contributed by atoms with Crippen molar-refractivity contribution in [2.75, 3.05) is 0 Å². The number of alkyl halides is 3. The number of hydrogen-bond donors (Lipinski definition) is 0. The lowest BCUT2D eigenvalue weighted by Crippen LogP contribution is -2.10. The molecule has 1 aromatic rings. The molecule has 1 saturated carbocycles. The minimum atomic E-state index is -4.46. The molecule has 0 amide bonds. The fourth-order valence-electron chi connectivity index (χ4n) is 2.30. The quantitative estimate of drug-likeness (QED) is 0.763. The molecule has 2 rings (SSSR count). The normalized spacial score (nSPS) is 17.2. The van der Waals surface area contributed by atoms with Crippen LogP contribution in [0.4, 0.5) is 13.2 Å². The Morgan fingerprint density at radius 1 is 1.16 bits per heavy atom. The molecule has 0 aromatic heterocycles. The Balaban J connectivity index is 2.20. The maximum Gasteiger partial charge on any atom is 0.417 e. The molecule has 0 heterocycles. The van der Waals surface area contributed by atoms with Crippen molar-refractivity contribution < 1.29 is 13.2 Å². The summed E-state index contributed by atoms with van der Waals surface area (Å²) in [5.41, 5.74) is -1.13. The predicted molar refractivity (Wildman–Crippen MR) is 68.9 cm³/mol. The molecule has 0 bridgehead atoms. The average Bonchev–Trinajstić information content (AvgIpc) is 2.39. The van der Waals surface area contributed by atoms with Crippen LogP contribution >= 0.6 is 11.8 Å². The van der Waals surface area contributed by atoms with Gasteiger partial charge in [0.15, 0.2) is 0 Å². The molecule has 102 valence electrons. The summed E-state index contributed by atoms with van der Waals surface area (Å²) in [6.07, 6.45) is 1.19. The SMILES string of the molecule is N#Cc1ccc(SC2CCCCC2)cc1C(F)(F)F. The third kappa shape index (κ3) is 3.66. The van der Waals surface area contributed by atoms with Crippen molar-refractivity contribution in [3.8, 4) is 6.07 Å². The van der Waals surface area contributed by atoms with E-state index in [2.05, 4.69) is 0 Å². The van der Waals surface area contributed by atoms with Gasteiger partial charge in [-0.25, -0.2) is 0 Å². The molecular formula is C14H14F3NS. The van der Waals surface area contributed by atoms with Gasteiger partial charge in [0.1, 0.15) is 0 Å². The molecule has 1 aliphatic rings. The molecule has 0 unspecified atom stereocenters. The smallest absolute Gasteiger partial charge is 0.192 e. The Morgan fingerprint density at radius 2 is 1.84 bits per heavy atom. The van der Waals surface area contributed by atoms with Crippen LogP contribution in [-0.2, 0) is 6.18 Å². The maximum absolute atomic E-state index is 12.8. The van der Waals surface area contributed by atoms with Crippen molar-refractivity contribution in [3.63, 3.8) is 0 Å². The fourth-order valence-corrected chi connectivity index (χ4v) is 3.59.